The third-order valence-corrected chi connectivity index (χ3v) is 25.8. The highest BCUT2D eigenvalue weighted by Gasteiger charge is 2.65. The molecule has 3 aliphatic rings. The van der Waals surface area contributed by atoms with Crippen molar-refractivity contribution in [2.45, 2.75) is 5.41 Å². The quantitative estimate of drug-likeness (QED) is 0.138. The number of nitrogens with zero attached hydrogens (tertiary/aromatic N) is 7. The van der Waals surface area contributed by atoms with Crippen molar-refractivity contribution in [1.82, 2.24) is 0 Å². The first-order valence-corrected chi connectivity index (χ1v) is 31.5. The van der Waals surface area contributed by atoms with Crippen LogP contribution >= 0.6 is 22.2 Å². The van der Waals surface area contributed by atoms with Crippen LogP contribution in [0.3, 0.4) is 0 Å². The fraction of sp³-hybridized carbons (Fsp3) is 0.0625. The standard InChI is InChI=1S/C64H56N10P3/c1-8-25-51(26-9-1)64-48-75(58-33-10-2-11-34-58,59-35-12-3-13-36-59)71-68-65-52-27-22-30-55(45-52)74(56-31-23-28-53(46-56)66-69-72-76(49-64,60-37-14-4-15-38-60)61-39-16-5-17-40-61)57-32-24-29-54(47-57)67-70-73-77(50-64,62-41-18-6-19-42-62)63-43-20-7-21-44-63/h1-47H,48-50H2,(H,65,71)(H,66,72)(H,67,73)/q+3. The van der Waals surface area contributed by atoms with E-state index in [1.807, 2.05) is 36.4 Å². The molecule has 13 rings (SSSR count). The Labute approximate surface area is 451 Å². The van der Waals surface area contributed by atoms with Gasteiger partial charge in [-0.15, -0.1) is 0 Å². The second kappa shape index (κ2) is 22.0. The first-order chi connectivity index (χ1) is 38.0. The monoisotopic (exact) mass is 1060 g/mol. The Bertz CT molecular complexity index is 3200. The largest absolute Gasteiger partial charge is 0.310 e. The Kier molecular flexibility index (Phi) is 14.1. The van der Waals surface area contributed by atoms with E-state index >= 15 is 0 Å². The van der Waals surface area contributed by atoms with Gasteiger partial charge in [-0.1, -0.05) is 158 Å². The summed E-state index contributed by atoms with van der Waals surface area (Å²) >= 11 is 0. The second-order valence-electron chi connectivity index (χ2n) is 19.3. The predicted octanol–water partition coefficient (Wildman–Crippen LogP) is 15.2. The normalized spacial score (nSPS) is 17.4. The van der Waals surface area contributed by atoms with Crippen molar-refractivity contribution >= 4 is 88.2 Å². The van der Waals surface area contributed by atoms with Crippen molar-refractivity contribution in [1.29, 1.82) is 0 Å². The second-order valence-corrected chi connectivity index (χ2v) is 28.5. The average molecular weight is 1060 g/mol. The summed E-state index contributed by atoms with van der Waals surface area (Å²) in [5, 5.41) is 22.2. The predicted molar refractivity (Wildman–Crippen MR) is 326 cm³/mol. The third kappa shape index (κ3) is 9.96. The minimum absolute atomic E-state index is 0.524. The molecule has 8 bridgehead atoms. The van der Waals surface area contributed by atoms with Crippen molar-refractivity contribution in [2.24, 2.45) is 30.3 Å². The topological polar surface area (TPSA) is 113 Å². The zero-order valence-corrected chi connectivity index (χ0v) is 44.9. The van der Waals surface area contributed by atoms with Crippen LogP contribution in [0.4, 0.5) is 34.1 Å². The Morgan fingerprint density at radius 2 is 0.532 bits per heavy atom. The molecule has 0 aliphatic carbocycles. The van der Waals surface area contributed by atoms with Crippen LogP contribution in [0.5, 0.6) is 0 Å². The first kappa shape index (κ1) is 49.4. The lowest BCUT2D eigenvalue weighted by Crippen LogP contribution is -2.48. The van der Waals surface area contributed by atoms with Crippen LogP contribution in [0.25, 0.3) is 0 Å². The number of nitrogens with one attached hydrogen (secondary N) is 3. The molecule has 3 N–H and O–H groups in total. The maximum Gasteiger partial charge on any atom is 0.224 e. The van der Waals surface area contributed by atoms with E-state index in [9.17, 15) is 0 Å². The SMILES string of the molecule is c1ccc(C23C[P+](c4ccccc4)(c4ccccc4)/N=N\Nc4cccc(c4)N(c4cccc(c4)N/N=N\[P+](c4ccccc4)(c4ccccc4)C2)c2cccc(c2)N/N=N/[P+](c2ccccc2)(c2ccccc2)C3)cc1. The van der Waals surface area contributed by atoms with Gasteiger partial charge in [-0.05, 0) is 149 Å². The fourth-order valence-corrected chi connectivity index (χ4v) is 22.8. The number of benzene rings is 10. The van der Waals surface area contributed by atoms with Gasteiger partial charge in [0.2, 0.25) is 22.2 Å². The van der Waals surface area contributed by atoms with E-state index in [4.69, 9.17) is 30.3 Å². The highest BCUT2D eigenvalue weighted by atomic mass is 31.2. The van der Waals surface area contributed by atoms with E-state index in [1.54, 1.807) is 0 Å². The lowest BCUT2D eigenvalue weighted by molar-refractivity contribution is 0.609. The van der Waals surface area contributed by atoms with Crippen LogP contribution in [-0.4, -0.2) is 18.5 Å². The number of rotatable bonds is 7. The zero-order chi connectivity index (χ0) is 51.8. The zero-order valence-electron chi connectivity index (χ0n) is 42.2. The van der Waals surface area contributed by atoms with Gasteiger partial charge in [0.05, 0.1) is 17.1 Å². The van der Waals surface area contributed by atoms with Gasteiger partial charge in [-0.2, -0.15) is 0 Å². The van der Waals surface area contributed by atoms with Gasteiger partial charge in [0.1, 0.15) is 55.7 Å². The molecule has 77 heavy (non-hydrogen) atoms. The first-order valence-electron chi connectivity index (χ1n) is 25.7. The van der Waals surface area contributed by atoms with Gasteiger partial charge < -0.3 is 4.90 Å². The highest BCUT2D eigenvalue weighted by Crippen LogP contribution is 2.72. The van der Waals surface area contributed by atoms with Crippen LogP contribution in [0.2, 0.25) is 0 Å². The van der Waals surface area contributed by atoms with Crippen molar-refractivity contribution in [3.8, 4) is 0 Å². The van der Waals surface area contributed by atoms with E-state index in [2.05, 4.69) is 270 Å². The van der Waals surface area contributed by atoms with E-state index < -0.39 is 27.7 Å². The van der Waals surface area contributed by atoms with Gasteiger partial charge in [0.15, 0.2) is 0 Å². The molecule has 374 valence electrons. The summed E-state index contributed by atoms with van der Waals surface area (Å²) in [7, 11) is -9.23. The van der Waals surface area contributed by atoms with Crippen molar-refractivity contribution in [2.75, 3.05) is 39.7 Å². The molecule has 0 saturated carbocycles. The fourth-order valence-electron chi connectivity index (χ4n) is 11.0. The summed E-state index contributed by atoms with van der Waals surface area (Å²) in [5.41, 5.74) is 15.9. The van der Waals surface area contributed by atoms with Gasteiger partial charge >= 0.3 is 0 Å². The summed E-state index contributed by atoms with van der Waals surface area (Å²) in [6, 6.07) is 101. The molecular formula is C64H56N10P3+3. The summed E-state index contributed by atoms with van der Waals surface area (Å²) in [6.45, 7) is 0. The van der Waals surface area contributed by atoms with E-state index in [0.29, 0.717) is 18.5 Å². The van der Waals surface area contributed by atoms with Crippen LogP contribution in [0.1, 0.15) is 5.56 Å². The Morgan fingerprint density at radius 3 is 0.792 bits per heavy atom. The highest BCUT2D eigenvalue weighted by molar-refractivity contribution is 7.90. The van der Waals surface area contributed by atoms with Crippen molar-refractivity contribution < 1.29 is 0 Å². The molecule has 3 heterocycles. The maximum absolute atomic E-state index is 5.86. The van der Waals surface area contributed by atoms with E-state index in [-0.39, 0.29) is 0 Å². The molecule has 0 spiro atoms. The van der Waals surface area contributed by atoms with Gasteiger partial charge in [0.25, 0.3) is 0 Å². The molecule has 10 aromatic rings. The summed E-state index contributed by atoms with van der Waals surface area (Å²) in [6.07, 6.45) is 1.57. The molecule has 13 heteroatoms. The van der Waals surface area contributed by atoms with Crippen molar-refractivity contribution in [3.63, 3.8) is 0 Å². The molecular weight excluding hydrogens is 1000 g/mol. The number of fused-ring (bicyclic) bond motifs is 9. The summed E-state index contributed by atoms with van der Waals surface area (Å²) < 4.78 is 0. The Hall–Kier alpha value is -8.51. The molecule has 3 aliphatic heterocycles. The molecule has 10 nitrogen and oxygen atoms in total. The molecule has 0 radical (unpaired) electrons. The molecule has 0 unspecified atom stereocenters. The van der Waals surface area contributed by atoms with Gasteiger partial charge in [-0.3, -0.25) is 16.3 Å². The van der Waals surface area contributed by atoms with Crippen LogP contribution in [0, 0.1) is 0 Å². The number of hydrogen-bond acceptors (Lipinski definition) is 10. The molecule has 0 atom stereocenters. The third-order valence-electron chi connectivity index (χ3n) is 14.5. The van der Waals surface area contributed by atoms with Crippen molar-refractivity contribution in [3.05, 3.63) is 291 Å². The van der Waals surface area contributed by atoms with Crippen LogP contribution < -0.4 is 53.0 Å². The molecule has 10 aromatic carbocycles. The summed E-state index contributed by atoms with van der Waals surface area (Å²) in [4.78, 5) is 19.8. The van der Waals surface area contributed by atoms with Crippen LogP contribution in [0.15, 0.2) is 315 Å². The minimum atomic E-state index is -3.08. The number of anilines is 6. The minimum Gasteiger partial charge on any atom is -0.310 e. The van der Waals surface area contributed by atoms with E-state index in [0.717, 1.165) is 71.5 Å². The van der Waals surface area contributed by atoms with Gasteiger partial charge in [0, 0.05) is 31.7 Å². The van der Waals surface area contributed by atoms with E-state index in [1.165, 1.54) is 0 Å². The average Bonchev–Trinajstić information content (AvgIpc) is 3.59. The lowest BCUT2D eigenvalue weighted by atomic mass is 9.86. The Balaban J connectivity index is 1.28. The molecule has 0 saturated heterocycles. The molecule has 0 fully saturated rings. The molecule has 0 amide bonds. The number of hydrogen-bond donors (Lipinski definition) is 3. The Morgan fingerprint density at radius 1 is 0.286 bits per heavy atom. The van der Waals surface area contributed by atoms with Crippen LogP contribution in [-0.2, 0) is 5.41 Å². The lowest BCUT2D eigenvalue weighted by Gasteiger charge is -2.40. The summed E-state index contributed by atoms with van der Waals surface area (Å²) in [5.74, 6) is 0. The molecule has 0 aromatic heterocycles. The smallest absolute Gasteiger partial charge is 0.224 e. The van der Waals surface area contributed by atoms with Gasteiger partial charge in [-0.25, -0.2) is 0 Å². The maximum atomic E-state index is 5.86.